The van der Waals surface area contributed by atoms with E-state index in [1.807, 2.05) is 0 Å². The maximum atomic E-state index is 15.0. The molecule has 4 aromatic heterocycles. The molecule has 11 heteroatoms. The summed E-state index contributed by atoms with van der Waals surface area (Å²) in [6, 6.07) is 7.08. The number of fused-ring (bicyclic) bond motifs is 2. The number of rotatable bonds is 4. The molecule has 0 unspecified atom stereocenters. The van der Waals surface area contributed by atoms with Crippen LogP contribution >= 0.6 is 0 Å². The van der Waals surface area contributed by atoms with E-state index in [9.17, 15) is 18.0 Å². The van der Waals surface area contributed by atoms with Gasteiger partial charge in [0.2, 0.25) is 0 Å². The average Bonchev–Trinajstić information content (AvgIpc) is 3.30. The van der Waals surface area contributed by atoms with Crippen LogP contribution in [-0.4, -0.2) is 29.3 Å². The Labute approximate surface area is 226 Å². The number of halogens is 4. The molecule has 1 saturated carbocycles. The maximum Gasteiger partial charge on any atom is 0.418 e. The smallest absolute Gasteiger partial charge is 0.285 e. The lowest BCUT2D eigenvalue weighted by Gasteiger charge is -2.30. The molecule has 40 heavy (non-hydrogen) atoms. The molecule has 1 fully saturated rings. The number of aryl methyl sites for hydroxylation is 2. The molecular formula is C29H26F4N6O. The summed E-state index contributed by atoms with van der Waals surface area (Å²) in [5, 5.41) is 5.16. The molecule has 0 amide bonds. The van der Waals surface area contributed by atoms with E-state index in [0.29, 0.717) is 48.0 Å². The number of hydrogen-bond donors (Lipinski definition) is 0. The second-order valence-electron chi connectivity index (χ2n) is 10.4. The first-order valence-electron chi connectivity index (χ1n) is 13.1. The lowest BCUT2D eigenvalue weighted by atomic mass is 9.76. The highest BCUT2D eigenvalue weighted by atomic mass is 19.4. The van der Waals surface area contributed by atoms with Gasteiger partial charge in [-0.15, -0.1) is 0 Å². The van der Waals surface area contributed by atoms with Gasteiger partial charge in [-0.2, -0.15) is 18.3 Å². The molecule has 0 radical (unpaired) electrons. The van der Waals surface area contributed by atoms with Crippen LogP contribution in [0.5, 0.6) is 0 Å². The molecule has 6 rings (SSSR count). The third kappa shape index (κ3) is 4.52. The van der Waals surface area contributed by atoms with Crippen LogP contribution < -0.4 is 5.56 Å². The number of nitrogens with zero attached hydrogens (tertiary/aromatic N) is 6. The van der Waals surface area contributed by atoms with Gasteiger partial charge in [0, 0.05) is 36.0 Å². The Hall–Kier alpha value is -4.15. The van der Waals surface area contributed by atoms with Gasteiger partial charge in [0.05, 0.1) is 35.2 Å². The molecule has 206 valence electrons. The van der Waals surface area contributed by atoms with Gasteiger partial charge >= 0.3 is 6.18 Å². The number of hydrogen-bond acceptors (Lipinski definition) is 5. The van der Waals surface area contributed by atoms with Crippen LogP contribution in [0.3, 0.4) is 0 Å². The molecule has 1 aliphatic rings. The van der Waals surface area contributed by atoms with Crippen molar-refractivity contribution >= 4 is 22.1 Å². The minimum atomic E-state index is -4.62. The minimum absolute atomic E-state index is 0.0386. The van der Waals surface area contributed by atoms with Gasteiger partial charge in [-0.25, -0.2) is 9.37 Å². The molecule has 1 aromatic carbocycles. The van der Waals surface area contributed by atoms with Crippen molar-refractivity contribution in [2.75, 3.05) is 0 Å². The number of aromatic nitrogens is 6. The van der Waals surface area contributed by atoms with Crippen LogP contribution in [0.15, 0.2) is 53.7 Å². The summed E-state index contributed by atoms with van der Waals surface area (Å²) < 4.78 is 59.1. The highest BCUT2D eigenvalue weighted by Gasteiger charge is 2.35. The van der Waals surface area contributed by atoms with E-state index in [2.05, 4.69) is 20.1 Å². The first-order valence-corrected chi connectivity index (χ1v) is 13.1. The normalized spacial score (nSPS) is 18.1. The average molecular weight is 551 g/mol. The van der Waals surface area contributed by atoms with Gasteiger partial charge in [0.15, 0.2) is 5.65 Å². The molecule has 0 saturated heterocycles. The molecule has 0 bridgehead atoms. The van der Waals surface area contributed by atoms with Crippen LogP contribution in [-0.2, 0) is 19.8 Å². The molecule has 5 aromatic rings. The van der Waals surface area contributed by atoms with Crippen molar-refractivity contribution in [2.24, 2.45) is 7.05 Å². The van der Waals surface area contributed by atoms with Crippen molar-refractivity contribution in [1.82, 2.24) is 29.3 Å². The lowest BCUT2D eigenvalue weighted by molar-refractivity contribution is -0.138. The Morgan fingerprint density at radius 2 is 1.77 bits per heavy atom. The van der Waals surface area contributed by atoms with Crippen molar-refractivity contribution < 1.29 is 17.6 Å². The summed E-state index contributed by atoms with van der Waals surface area (Å²) in [7, 11) is 1.79. The fraction of sp³-hybridized carbons (Fsp3) is 0.345. The van der Waals surface area contributed by atoms with E-state index in [4.69, 9.17) is 0 Å². The van der Waals surface area contributed by atoms with Gasteiger partial charge in [-0.05, 0) is 74.8 Å². The second-order valence-corrected chi connectivity index (χ2v) is 10.4. The lowest BCUT2D eigenvalue weighted by Crippen LogP contribution is -2.29. The van der Waals surface area contributed by atoms with Crippen LogP contribution in [0.4, 0.5) is 17.6 Å². The summed E-state index contributed by atoms with van der Waals surface area (Å²) in [6.45, 7) is 1.32. The van der Waals surface area contributed by atoms with Crippen molar-refractivity contribution in [2.45, 2.75) is 57.2 Å². The predicted octanol–water partition coefficient (Wildman–Crippen LogP) is 6.03. The summed E-state index contributed by atoms with van der Waals surface area (Å²) in [6.07, 6.45) is 2.50. The highest BCUT2D eigenvalue weighted by Crippen LogP contribution is 2.43. The Morgan fingerprint density at radius 1 is 1.02 bits per heavy atom. The fourth-order valence-electron chi connectivity index (χ4n) is 6.00. The molecule has 4 heterocycles. The van der Waals surface area contributed by atoms with E-state index in [0.717, 1.165) is 17.0 Å². The Bertz CT molecular complexity index is 1800. The molecular weight excluding hydrogens is 524 g/mol. The molecule has 0 aliphatic heterocycles. The molecule has 0 atom stereocenters. The van der Waals surface area contributed by atoms with Crippen molar-refractivity contribution in [3.05, 3.63) is 93.2 Å². The molecule has 1 aliphatic carbocycles. The van der Waals surface area contributed by atoms with E-state index in [1.165, 1.54) is 22.9 Å². The van der Waals surface area contributed by atoms with Crippen molar-refractivity contribution in [3.63, 3.8) is 0 Å². The number of benzene rings is 1. The minimum Gasteiger partial charge on any atom is -0.285 e. The largest absolute Gasteiger partial charge is 0.418 e. The summed E-state index contributed by atoms with van der Waals surface area (Å²) in [4.78, 5) is 26.7. The molecule has 0 N–H and O–H groups in total. The van der Waals surface area contributed by atoms with E-state index in [-0.39, 0.29) is 35.5 Å². The van der Waals surface area contributed by atoms with Gasteiger partial charge in [0.1, 0.15) is 11.3 Å². The van der Waals surface area contributed by atoms with Gasteiger partial charge in [0.25, 0.3) is 5.56 Å². The van der Waals surface area contributed by atoms with Crippen molar-refractivity contribution in [1.29, 1.82) is 0 Å². The Morgan fingerprint density at radius 3 is 2.52 bits per heavy atom. The predicted molar refractivity (Wildman–Crippen MR) is 141 cm³/mol. The third-order valence-corrected chi connectivity index (χ3v) is 7.91. The van der Waals surface area contributed by atoms with E-state index in [1.54, 1.807) is 43.2 Å². The van der Waals surface area contributed by atoms with E-state index < -0.39 is 17.3 Å². The third-order valence-electron chi connectivity index (χ3n) is 7.91. The van der Waals surface area contributed by atoms with Crippen LogP contribution in [0.2, 0.25) is 0 Å². The fourth-order valence-corrected chi connectivity index (χ4v) is 6.00. The van der Waals surface area contributed by atoms with Crippen molar-refractivity contribution in [3.8, 4) is 0 Å². The summed E-state index contributed by atoms with van der Waals surface area (Å²) in [5.41, 5.74) is 1.51. The SMILES string of the molecule is Cc1cnc2cc([C@H]3CC[C@H](c4c(F)ccc5cnn(C)c54)CC3)c(=O)n(Cc3ncccc3C(F)(F)F)c2n1. The van der Waals surface area contributed by atoms with Crippen LogP contribution in [0.1, 0.15) is 65.6 Å². The first-order chi connectivity index (χ1) is 19.1. The zero-order valence-corrected chi connectivity index (χ0v) is 21.9. The standard InChI is InChI=1S/C29H26F4N6O/c1-16-13-35-23-12-20(28(40)39(27(23)37-16)15-24-21(29(31,32)33)4-3-11-34-24)17-5-7-18(8-6-17)25-22(30)10-9-19-14-36-38(2)26(19)25/h3-4,9-14,17-18H,5-8,15H2,1-2H3/t17-,18-. The van der Waals surface area contributed by atoms with E-state index >= 15 is 4.39 Å². The number of pyridine rings is 2. The monoisotopic (exact) mass is 550 g/mol. The summed E-state index contributed by atoms with van der Waals surface area (Å²) >= 11 is 0. The Balaban J connectivity index is 1.37. The van der Waals surface area contributed by atoms with Gasteiger partial charge < -0.3 is 0 Å². The second kappa shape index (κ2) is 9.79. The zero-order chi connectivity index (χ0) is 28.2. The van der Waals surface area contributed by atoms with Crippen LogP contribution in [0, 0.1) is 12.7 Å². The highest BCUT2D eigenvalue weighted by molar-refractivity contribution is 5.82. The topological polar surface area (TPSA) is 78.5 Å². The van der Waals surface area contributed by atoms with Gasteiger partial charge in [-0.3, -0.25) is 24.0 Å². The summed E-state index contributed by atoms with van der Waals surface area (Å²) in [5.74, 6) is -0.459. The quantitative estimate of drug-likeness (QED) is 0.256. The maximum absolute atomic E-state index is 15.0. The number of alkyl halides is 3. The zero-order valence-electron chi connectivity index (χ0n) is 21.9. The van der Waals surface area contributed by atoms with Crippen LogP contribution in [0.25, 0.3) is 22.1 Å². The Kier molecular flexibility index (Phi) is 6.39. The first kappa shape index (κ1) is 26.1. The molecule has 0 spiro atoms. The molecule has 7 nitrogen and oxygen atoms in total. The van der Waals surface area contributed by atoms with Gasteiger partial charge in [-0.1, -0.05) is 0 Å².